The van der Waals surface area contributed by atoms with Gasteiger partial charge in [-0.2, -0.15) is 10.1 Å². The Morgan fingerprint density at radius 2 is 1.65 bits per heavy atom. The third-order valence-electron chi connectivity index (χ3n) is 7.78. The molecule has 10 nitrogen and oxygen atoms in total. The molecule has 1 saturated heterocycles. The lowest BCUT2D eigenvalue weighted by Gasteiger charge is -2.29. The van der Waals surface area contributed by atoms with Crippen LogP contribution in [-0.4, -0.2) is 61.9 Å². The van der Waals surface area contributed by atoms with Gasteiger partial charge < -0.3 is 25.8 Å². The molecule has 0 unspecified atom stereocenters. The average molecular weight is 501 g/mol. The first-order chi connectivity index (χ1) is 18.3. The van der Waals surface area contributed by atoms with Crippen LogP contribution in [0.3, 0.4) is 0 Å². The summed E-state index contributed by atoms with van der Waals surface area (Å²) in [4.78, 5) is 16.4. The zero-order valence-electron chi connectivity index (χ0n) is 21.3. The van der Waals surface area contributed by atoms with E-state index in [1.54, 1.807) is 6.20 Å². The van der Waals surface area contributed by atoms with Gasteiger partial charge in [-0.1, -0.05) is 25.7 Å². The molecule has 0 radical (unpaired) electrons. The molecule has 194 valence electrons. The van der Waals surface area contributed by atoms with Crippen LogP contribution in [0.5, 0.6) is 0 Å². The topological polar surface area (TPSA) is 123 Å². The summed E-state index contributed by atoms with van der Waals surface area (Å²) < 4.78 is 2.26. The van der Waals surface area contributed by atoms with Crippen LogP contribution in [0.1, 0.15) is 57.4 Å². The Hall–Kier alpha value is -3.37. The molecule has 2 saturated carbocycles. The molecule has 4 aromatic heterocycles. The monoisotopic (exact) mass is 500 g/mol. The fourth-order valence-electron chi connectivity index (χ4n) is 5.77. The molecule has 3 fully saturated rings. The molecular formula is C27H36N10. The highest BCUT2D eigenvalue weighted by Crippen LogP contribution is 2.37. The van der Waals surface area contributed by atoms with Crippen molar-refractivity contribution in [1.29, 1.82) is 0 Å². The van der Waals surface area contributed by atoms with Crippen LogP contribution in [0.25, 0.3) is 22.1 Å². The zero-order chi connectivity index (χ0) is 25.0. The number of nitrogens with two attached hydrogens (primary N) is 1. The summed E-state index contributed by atoms with van der Waals surface area (Å²) in [7, 11) is 0. The number of anilines is 3. The van der Waals surface area contributed by atoms with Crippen molar-refractivity contribution in [2.45, 2.75) is 63.5 Å². The Balaban J connectivity index is 0.000000372. The third-order valence-corrected chi connectivity index (χ3v) is 7.78. The van der Waals surface area contributed by atoms with Crippen LogP contribution in [-0.2, 0) is 0 Å². The number of hydrogen-bond acceptors (Lipinski definition) is 9. The van der Waals surface area contributed by atoms with Gasteiger partial charge in [-0.3, -0.25) is 0 Å². The van der Waals surface area contributed by atoms with Gasteiger partial charge in [0.1, 0.15) is 11.5 Å². The van der Waals surface area contributed by atoms with Gasteiger partial charge in [-0.05, 0) is 43.9 Å². The Kier molecular flexibility index (Phi) is 7.09. The number of hydrogen-bond donors (Lipinski definition) is 3. The van der Waals surface area contributed by atoms with Gasteiger partial charge in [0.2, 0.25) is 5.95 Å². The molecule has 10 heteroatoms. The maximum absolute atomic E-state index is 5.53. The van der Waals surface area contributed by atoms with E-state index in [1.165, 1.54) is 38.5 Å². The first kappa shape index (κ1) is 24.0. The number of nitrogens with one attached hydrogen (secondary N) is 2. The van der Waals surface area contributed by atoms with Gasteiger partial charge in [-0.25, -0.2) is 9.97 Å². The summed E-state index contributed by atoms with van der Waals surface area (Å²) in [6, 6.07) is 7.05. The number of piperazine rings is 1. The van der Waals surface area contributed by atoms with Gasteiger partial charge >= 0.3 is 0 Å². The molecule has 0 atom stereocenters. The van der Waals surface area contributed by atoms with E-state index in [9.17, 15) is 0 Å². The molecule has 4 aromatic rings. The third kappa shape index (κ3) is 5.21. The standard InChI is InChI=1S/C22H25N9.C5H11N/c1-2-4-15(3-1)31-20-18(17-7-8-26-29-21(17)31)14-25-22(28-20)27-19-6-5-16(13-24-19)30-11-9-23-10-12-30;6-5-3-1-2-4-5/h5-8,13-15,23H,1-4,9-12H2,(H,24,25,27,28);5H,1-4,6H2. The number of aromatic nitrogens is 6. The summed E-state index contributed by atoms with van der Waals surface area (Å²) in [5.74, 6) is 1.28. The van der Waals surface area contributed by atoms with E-state index in [2.05, 4.69) is 46.3 Å². The summed E-state index contributed by atoms with van der Waals surface area (Å²) >= 11 is 0. The molecule has 2 aliphatic carbocycles. The van der Waals surface area contributed by atoms with Crippen LogP contribution >= 0.6 is 0 Å². The predicted octanol–water partition coefficient (Wildman–Crippen LogP) is 3.93. The Morgan fingerprint density at radius 3 is 2.35 bits per heavy atom. The highest BCUT2D eigenvalue weighted by molar-refractivity contribution is 6.04. The number of fused-ring (bicyclic) bond motifs is 3. The van der Waals surface area contributed by atoms with Crippen molar-refractivity contribution in [3.63, 3.8) is 0 Å². The Labute approximate surface area is 217 Å². The van der Waals surface area contributed by atoms with Crippen molar-refractivity contribution in [1.82, 2.24) is 35.0 Å². The highest BCUT2D eigenvalue weighted by atomic mass is 15.2. The maximum Gasteiger partial charge on any atom is 0.230 e. The van der Waals surface area contributed by atoms with Gasteiger partial charge in [0.15, 0.2) is 5.65 Å². The van der Waals surface area contributed by atoms with Crippen LogP contribution in [0, 0.1) is 0 Å². The number of pyridine rings is 1. The smallest absolute Gasteiger partial charge is 0.230 e. The molecule has 3 aliphatic rings. The second kappa shape index (κ2) is 10.9. The summed E-state index contributed by atoms with van der Waals surface area (Å²) in [5, 5.41) is 17.3. The molecule has 5 heterocycles. The SMILES string of the molecule is NC1CCCC1.c1cc2c3cnc(Nc4ccc(N5CCNCC5)cn4)nc3n(C3CCCC3)c2nn1. The van der Waals surface area contributed by atoms with Crippen molar-refractivity contribution >= 4 is 39.5 Å². The van der Waals surface area contributed by atoms with Crippen LogP contribution in [0.2, 0.25) is 0 Å². The van der Waals surface area contributed by atoms with Crippen LogP contribution < -0.4 is 21.3 Å². The van der Waals surface area contributed by atoms with Gasteiger partial charge in [-0.15, -0.1) is 5.10 Å². The molecule has 37 heavy (non-hydrogen) atoms. The molecular weight excluding hydrogens is 464 g/mol. The molecule has 0 bridgehead atoms. The number of nitrogens with zero attached hydrogens (tertiary/aromatic N) is 7. The Morgan fingerprint density at radius 1 is 0.865 bits per heavy atom. The quantitative estimate of drug-likeness (QED) is 0.382. The van der Waals surface area contributed by atoms with E-state index in [1.807, 2.05) is 24.5 Å². The molecule has 4 N–H and O–H groups in total. The number of rotatable bonds is 4. The largest absolute Gasteiger partial charge is 0.368 e. The maximum atomic E-state index is 5.53. The normalized spacial score (nSPS) is 18.9. The van der Waals surface area contributed by atoms with Crippen molar-refractivity contribution in [3.05, 3.63) is 36.8 Å². The van der Waals surface area contributed by atoms with Crippen molar-refractivity contribution < 1.29 is 0 Å². The van der Waals surface area contributed by atoms with Crippen LogP contribution in [0.15, 0.2) is 36.8 Å². The molecule has 7 rings (SSSR count). The minimum Gasteiger partial charge on any atom is -0.368 e. The van der Waals surface area contributed by atoms with E-state index in [-0.39, 0.29) is 0 Å². The summed E-state index contributed by atoms with van der Waals surface area (Å²) in [5.41, 5.74) is 8.49. The van der Waals surface area contributed by atoms with Crippen LogP contribution in [0.4, 0.5) is 17.5 Å². The zero-order valence-corrected chi connectivity index (χ0v) is 21.3. The minimum atomic E-state index is 0.413. The second-order valence-corrected chi connectivity index (χ2v) is 10.3. The highest BCUT2D eigenvalue weighted by Gasteiger charge is 2.24. The lowest BCUT2D eigenvalue weighted by molar-refractivity contribution is 0.542. The van der Waals surface area contributed by atoms with E-state index >= 15 is 0 Å². The Bertz CT molecular complexity index is 1320. The summed E-state index contributed by atoms with van der Waals surface area (Å²) in [6.07, 6.45) is 15.6. The van der Waals surface area contributed by atoms with E-state index in [0.29, 0.717) is 18.0 Å². The van der Waals surface area contributed by atoms with Gasteiger partial charge in [0.25, 0.3) is 0 Å². The van der Waals surface area contributed by atoms with E-state index in [4.69, 9.17) is 10.7 Å². The van der Waals surface area contributed by atoms with E-state index in [0.717, 1.165) is 72.6 Å². The van der Waals surface area contributed by atoms with Gasteiger partial charge in [0.05, 0.1) is 18.1 Å². The first-order valence-electron chi connectivity index (χ1n) is 13.7. The lowest BCUT2D eigenvalue weighted by atomic mass is 10.2. The van der Waals surface area contributed by atoms with Gasteiger partial charge in [0, 0.05) is 55.2 Å². The van der Waals surface area contributed by atoms with Crippen molar-refractivity contribution in [3.8, 4) is 0 Å². The second-order valence-electron chi connectivity index (χ2n) is 10.3. The predicted molar refractivity (Wildman–Crippen MR) is 147 cm³/mol. The van der Waals surface area contributed by atoms with E-state index < -0.39 is 0 Å². The summed E-state index contributed by atoms with van der Waals surface area (Å²) in [6.45, 7) is 4.02. The lowest BCUT2D eigenvalue weighted by Crippen LogP contribution is -2.43. The molecule has 1 aliphatic heterocycles. The fraction of sp³-hybridized carbons (Fsp3) is 0.519. The molecule has 0 aromatic carbocycles. The fourth-order valence-corrected chi connectivity index (χ4v) is 5.77. The molecule has 0 amide bonds. The van der Waals surface area contributed by atoms with Crippen molar-refractivity contribution in [2.75, 3.05) is 36.4 Å². The first-order valence-corrected chi connectivity index (χ1v) is 13.7. The average Bonchev–Trinajstić information content (AvgIpc) is 3.70. The molecule has 0 spiro atoms. The minimum absolute atomic E-state index is 0.413. The van der Waals surface area contributed by atoms with Crippen molar-refractivity contribution in [2.24, 2.45) is 5.73 Å².